The molecule has 0 radical (unpaired) electrons. The molecule has 0 saturated carbocycles. The van der Waals surface area contributed by atoms with Crippen LogP contribution in [0.15, 0.2) is 24.3 Å². The van der Waals surface area contributed by atoms with E-state index in [9.17, 15) is 4.79 Å². The molecular weight excluding hydrogens is 308 g/mol. The zero-order valence-electron chi connectivity index (χ0n) is 14.4. The average molecular weight is 334 g/mol. The first-order valence-electron chi connectivity index (χ1n) is 8.48. The fourth-order valence-electron chi connectivity index (χ4n) is 3.55. The monoisotopic (exact) mass is 334 g/mol. The number of para-hydroxylation sites is 2. The molecule has 2 aliphatic rings. The van der Waals surface area contributed by atoms with Crippen molar-refractivity contribution >= 4 is 5.91 Å². The molecule has 1 amide bonds. The van der Waals surface area contributed by atoms with Gasteiger partial charge in [-0.25, -0.2) is 0 Å². The lowest BCUT2D eigenvalue weighted by Crippen LogP contribution is -2.53. The van der Waals surface area contributed by atoms with Crippen molar-refractivity contribution in [3.63, 3.8) is 0 Å². The third kappa shape index (κ3) is 3.49. The predicted octanol–water partition coefficient (Wildman–Crippen LogP) is 1.30. The number of ether oxygens (including phenoxy) is 3. The molecule has 1 N–H and O–H groups in total. The molecule has 24 heavy (non-hydrogen) atoms. The number of nitrogens with one attached hydrogen (secondary N) is 1. The topological polar surface area (TPSA) is 60.0 Å². The number of benzene rings is 1. The van der Waals surface area contributed by atoms with E-state index in [1.807, 2.05) is 31.3 Å². The number of amides is 1. The normalized spacial score (nSPS) is 22.0. The molecule has 1 atom stereocenters. The summed E-state index contributed by atoms with van der Waals surface area (Å²) in [6, 6.07) is 7.62. The highest BCUT2D eigenvalue weighted by molar-refractivity contribution is 5.83. The fourth-order valence-corrected chi connectivity index (χ4v) is 3.55. The van der Waals surface area contributed by atoms with Crippen molar-refractivity contribution in [1.82, 2.24) is 10.2 Å². The van der Waals surface area contributed by atoms with Crippen LogP contribution >= 0.6 is 0 Å². The van der Waals surface area contributed by atoms with Gasteiger partial charge in [-0.05, 0) is 38.1 Å². The second kappa shape index (κ2) is 7.40. The van der Waals surface area contributed by atoms with Crippen molar-refractivity contribution in [1.29, 1.82) is 0 Å². The standard InChI is InChI=1S/C18H26N2O4/c1-20(17(21)18(13-22-2)7-9-19-10-8-18)11-14-12-23-15-5-3-4-6-16(15)24-14/h3-6,14,19H,7-13H2,1-2H3. The Kier molecular flexibility index (Phi) is 5.26. The fraction of sp³-hybridized carbons (Fsp3) is 0.611. The predicted molar refractivity (Wildman–Crippen MR) is 90.4 cm³/mol. The van der Waals surface area contributed by atoms with E-state index >= 15 is 0 Å². The molecule has 6 heteroatoms. The Hall–Kier alpha value is -1.79. The zero-order valence-corrected chi connectivity index (χ0v) is 14.4. The number of piperidine rings is 1. The minimum Gasteiger partial charge on any atom is -0.486 e. The van der Waals surface area contributed by atoms with E-state index in [4.69, 9.17) is 14.2 Å². The first-order chi connectivity index (χ1) is 11.6. The van der Waals surface area contributed by atoms with Gasteiger partial charge in [0.25, 0.3) is 0 Å². The number of nitrogens with zero attached hydrogens (tertiary/aromatic N) is 1. The zero-order chi connectivity index (χ0) is 17.0. The number of carbonyl (C=O) groups excluding carboxylic acids is 1. The van der Waals surface area contributed by atoms with Crippen molar-refractivity contribution in [3.05, 3.63) is 24.3 Å². The van der Waals surface area contributed by atoms with Gasteiger partial charge in [0.05, 0.1) is 18.6 Å². The summed E-state index contributed by atoms with van der Waals surface area (Å²) in [5.41, 5.74) is -0.428. The minimum atomic E-state index is -0.428. The van der Waals surface area contributed by atoms with Crippen LogP contribution in [0, 0.1) is 5.41 Å². The van der Waals surface area contributed by atoms with E-state index in [2.05, 4.69) is 5.32 Å². The molecule has 1 fully saturated rings. The molecule has 0 aliphatic carbocycles. The average Bonchev–Trinajstić information content (AvgIpc) is 2.62. The van der Waals surface area contributed by atoms with Gasteiger partial charge in [0.2, 0.25) is 5.91 Å². The Labute approximate surface area is 143 Å². The Morgan fingerprint density at radius 3 is 2.75 bits per heavy atom. The molecule has 6 nitrogen and oxygen atoms in total. The van der Waals surface area contributed by atoms with Gasteiger partial charge in [-0.3, -0.25) is 4.79 Å². The molecular formula is C18H26N2O4. The Morgan fingerprint density at radius 2 is 2.04 bits per heavy atom. The van der Waals surface area contributed by atoms with Crippen LogP contribution in [0.2, 0.25) is 0 Å². The number of rotatable bonds is 5. The highest BCUT2D eigenvalue weighted by atomic mass is 16.6. The summed E-state index contributed by atoms with van der Waals surface area (Å²) in [5.74, 6) is 1.63. The van der Waals surface area contributed by atoms with E-state index in [0.717, 1.165) is 37.4 Å². The van der Waals surface area contributed by atoms with E-state index in [0.29, 0.717) is 19.8 Å². The first-order valence-corrected chi connectivity index (χ1v) is 8.48. The highest BCUT2D eigenvalue weighted by Crippen LogP contribution is 2.33. The van der Waals surface area contributed by atoms with Gasteiger partial charge in [-0.2, -0.15) is 0 Å². The van der Waals surface area contributed by atoms with Crippen molar-refractivity contribution < 1.29 is 19.0 Å². The summed E-state index contributed by atoms with van der Waals surface area (Å²) in [6.45, 7) is 3.11. The van der Waals surface area contributed by atoms with Gasteiger partial charge >= 0.3 is 0 Å². The Morgan fingerprint density at radius 1 is 1.33 bits per heavy atom. The van der Waals surface area contributed by atoms with Crippen LogP contribution in [0.4, 0.5) is 0 Å². The summed E-state index contributed by atoms with van der Waals surface area (Å²) < 4.78 is 17.1. The number of methoxy groups -OCH3 is 1. The van der Waals surface area contributed by atoms with Crippen LogP contribution in [0.25, 0.3) is 0 Å². The van der Waals surface area contributed by atoms with Gasteiger partial charge in [-0.15, -0.1) is 0 Å². The van der Waals surface area contributed by atoms with Crippen LogP contribution in [-0.2, 0) is 9.53 Å². The molecule has 1 saturated heterocycles. The third-order valence-electron chi connectivity index (χ3n) is 4.83. The molecule has 0 spiro atoms. The largest absolute Gasteiger partial charge is 0.486 e. The van der Waals surface area contributed by atoms with Gasteiger partial charge in [0.1, 0.15) is 6.61 Å². The van der Waals surface area contributed by atoms with E-state index in [1.54, 1.807) is 12.0 Å². The maximum Gasteiger partial charge on any atom is 0.231 e. The van der Waals surface area contributed by atoms with E-state index in [-0.39, 0.29) is 12.0 Å². The summed E-state index contributed by atoms with van der Waals surface area (Å²) in [7, 11) is 3.50. The molecule has 0 aromatic heterocycles. The minimum absolute atomic E-state index is 0.133. The summed E-state index contributed by atoms with van der Waals surface area (Å²) in [4.78, 5) is 14.8. The lowest BCUT2D eigenvalue weighted by Gasteiger charge is -2.39. The van der Waals surface area contributed by atoms with Gasteiger partial charge in [0, 0.05) is 14.2 Å². The highest BCUT2D eigenvalue weighted by Gasteiger charge is 2.42. The smallest absolute Gasteiger partial charge is 0.231 e. The van der Waals surface area contributed by atoms with Crippen molar-refractivity contribution in [3.8, 4) is 11.5 Å². The third-order valence-corrected chi connectivity index (χ3v) is 4.83. The number of carbonyl (C=O) groups is 1. The second-order valence-electron chi connectivity index (χ2n) is 6.65. The molecule has 1 unspecified atom stereocenters. The van der Waals surface area contributed by atoms with Crippen molar-refractivity contribution in [2.24, 2.45) is 5.41 Å². The van der Waals surface area contributed by atoms with Crippen molar-refractivity contribution in [2.75, 3.05) is 47.0 Å². The number of fused-ring (bicyclic) bond motifs is 1. The SMILES string of the molecule is COCC1(C(=O)N(C)CC2COc3ccccc3O2)CCNCC1. The van der Waals surface area contributed by atoms with Crippen LogP contribution in [0.5, 0.6) is 11.5 Å². The number of likely N-dealkylation sites (N-methyl/N-ethyl adjacent to an activating group) is 1. The summed E-state index contributed by atoms with van der Waals surface area (Å²) in [5, 5.41) is 3.31. The summed E-state index contributed by atoms with van der Waals surface area (Å²) >= 11 is 0. The Bertz CT molecular complexity index is 566. The van der Waals surface area contributed by atoms with Gasteiger partial charge in [-0.1, -0.05) is 12.1 Å². The van der Waals surface area contributed by atoms with Crippen LogP contribution in [-0.4, -0.2) is 63.9 Å². The molecule has 0 bridgehead atoms. The van der Waals surface area contributed by atoms with E-state index in [1.165, 1.54) is 0 Å². The first kappa shape index (κ1) is 17.0. The van der Waals surface area contributed by atoms with Crippen molar-refractivity contribution in [2.45, 2.75) is 18.9 Å². The van der Waals surface area contributed by atoms with Gasteiger partial charge in [0.15, 0.2) is 17.6 Å². The molecule has 1 aromatic rings. The second-order valence-corrected chi connectivity index (χ2v) is 6.65. The number of hydrogen-bond acceptors (Lipinski definition) is 5. The molecule has 2 aliphatic heterocycles. The molecule has 2 heterocycles. The Balaban J connectivity index is 1.63. The quantitative estimate of drug-likeness (QED) is 0.880. The lowest BCUT2D eigenvalue weighted by molar-refractivity contribution is -0.147. The maximum atomic E-state index is 13.1. The van der Waals surface area contributed by atoms with E-state index < -0.39 is 5.41 Å². The van der Waals surface area contributed by atoms with Crippen LogP contribution < -0.4 is 14.8 Å². The molecule has 132 valence electrons. The molecule has 3 rings (SSSR count). The molecule has 1 aromatic carbocycles. The number of hydrogen-bond donors (Lipinski definition) is 1. The maximum absolute atomic E-state index is 13.1. The lowest BCUT2D eigenvalue weighted by atomic mass is 9.78. The summed E-state index contributed by atoms with van der Waals surface area (Å²) in [6.07, 6.45) is 1.44. The van der Waals surface area contributed by atoms with Crippen LogP contribution in [0.1, 0.15) is 12.8 Å². The van der Waals surface area contributed by atoms with Gasteiger partial charge < -0.3 is 24.4 Å². The van der Waals surface area contributed by atoms with Crippen LogP contribution in [0.3, 0.4) is 0 Å².